The Morgan fingerprint density at radius 2 is 1.87 bits per heavy atom. The first kappa shape index (κ1) is 20.0. The van der Waals surface area contributed by atoms with E-state index in [0.717, 1.165) is 12.8 Å². The number of alkyl halides is 2. The van der Waals surface area contributed by atoms with E-state index in [0.29, 0.717) is 27.7 Å². The minimum Gasteiger partial charge on any atom is -0.452 e. The molecule has 1 fully saturated rings. The molecule has 0 spiro atoms. The molecule has 2 aromatic heterocycles. The summed E-state index contributed by atoms with van der Waals surface area (Å²) in [5.74, 6) is -0.289. The van der Waals surface area contributed by atoms with Crippen LogP contribution in [0.1, 0.15) is 12.8 Å². The van der Waals surface area contributed by atoms with Crippen molar-refractivity contribution in [3.8, 4) is 5.75 Å². The smallest absolute Gasteiger partial charge is 0.387 e. The Hall–Kier alpha value is -2.90. The molecule has 5 nitrogen and oxygen atoms in total. The Balaban J connectivity index is 1.70. The third kappa shape index (κ3) is 3.58. The average molecular weight is 463 g/mol. The van der Waals surface area contributed by atoms with Gasteiger partial charge < -0.3 is 9.15 Å². The Labute approximate surface area is 185 Å². The van der Waals surface area contributed by atoms with Gasteiger partial charge in [-0.2, -0.15) is 8.78 Å². The van der Waals surface area contributed by atoms with E-state index in [-0.39, 0.29) is 33.2 Å². The van der Waals surface area contributed by atoms with Crippen molar-refractivity contribution in [2.24, 2.45) is 5.92 Å². The molecule has 4 aromatic rings. The van der Waals surface area contributed by atoms with Crippen molar-refractivity contribution in [1.29, 1.82) is 0 Å². The number of carbonyl (C=O) groups is 1. The number of hydrogen-bond donors (Lipinski definition) is 0. The van der Waals surface area contributed by atoms with Gasteiger partial charge in [-0.25, -0.2) is 0 Å². The fourth-order valence-electron chi connectivity index (χ4n) is 3.59. The molecule has 5 rings (SSSR count). The molecule has 0 unspecified atom stereocenters. The molecule has 9 heteroatoms. The number of rotatable bonds is 5. The Kier molecular flexibility index (Phi) is 4.95. The highest BCUT2D eigenvalue weighted by atomic mass is 35.5. The van der Waals surface area contributed by atoms with Crippen LogP contribution in [0.3, 0.4) is 0 Å². The van der Waals surface area contributed by atoms with E-state index in [1.165, 1.54) is 23.4 Å². The highest BCUT2D eigenvalue weighted by Gasteiger charge is 2.36. The predicted octanol–water partition coefficient (Wildman–Crippen LogP) is 6.96. The highest BCUT2D eigenvalue weighted by Crippen LogP contribution is 2.44. The summed E-state index contributed by atoms with van der Waals surface area (Å²) < 4.78 is 35.9. The van der Waals surface area contributed by atoms with Gasteiger partial charge in [-0.15, -0.1) is 0 Å². The molecule has 2 aromatic carbocycles. The van der Waals surface area contributed by atoms with E-state index >= 15 is 0 Å². The van der Waals surface area contributed by atoms with Crippen molar-refractivity contribution >= 4 is 62.4 Å². The second kappa shape index (κ2) is 7.66. The number of amides is 1. The Morgan fingerprint density at radius 3 is 2.55 bits per heavy atom. The second-order valence-corrected chi connectivity index (χ2v) is 8.01. The van der Waals surface area contributed by atoms with E-state index in [2.05, 4.69) is 9.72 Å². The summed E-state index contributed by atoms with van der Waals surface area (Å²) in [6, 6.07) is 9.88. The lowest BCUT2D eigenvalue weighted by Gasteiger charge is -2.25. The van der Waals surface area contributed by atoms with Crippen LogP contribution in [0, 0.1) is 5.92 Å². The van der Waals surface area contributed by atoms with Gasteiger partial charge in [0.25, 0.3) is 0 Å². The standard InChI is InChI=1S/C22H14Cl2F2N2O3/c23-15-9-27-10-16(24)19(15)28(21(29)11-4-5-11)12-6-7-17-14(8-12)13-2-1-3-18(20(13)30-17)31-22(25)26/h1-3,6-11,22H,4-5H2. The topological polar surface area (TPSA) is 55.6 Å². The number of nitrogens with zero attached hydrogens (tertiary/aromatic N) is 2. The van der Waals surface area contributed by atoms with E-state index in [9.17, 15) is 13.6 Å². The van der Waals surface area contributed by atoms with Crippen molar-refractivity contribution in [1.82, 2.24) is 4.98 Å². The molecule has 2 heterocycles. The lowest BCUT2D eigenvalue weighted by Crippen LogP contribution is -2.28. The van der Waals surface area contributed by atoms with Crippen molar-refractivity contribution < 1.29 is 22.7 Å². The van der Waals surface area contributed by atoms with Crippen LogP contribution in [-0.4, -0.2) is 17.5 Å². The molecule has 0 saturated heterocycles. The monoisotopic (exact) mass is 462 g/mol. The van der Waals surface area contributed by atoms with Crippen LogP contribution < -0.4 is 9.64 Å². The van der Waals surface area contributed by atoms with Crippen LogP contribution in [0.5, 0.6) is 5.75 Å². The van der Waals surface area contributed by atoms with Gasteiger partial charge in [0.05, 0.1) is 15.7 Å². The van der Waals surface area contributed by atoms with Crippen LogP contribution in [0.15, 0.2) is 53.2 Å². The number of hydrogen-bond acceptors (Lipinski definition) is 4. The summed E-state index contributed by atoms with van der Waals surface area (Å²) in [6.45, 7) is -2.97. The van der Waals surface area contributed by atoms with Crippen LogP contribution in [0.4, 0.5) is 20.2 Å². The molecular formula is C22H14Cl2F2N2O3. The molecule has 1 saturated carbocycles. The zero-order chi connectivity index (χ0) is 21.7. The average Bonchev–Trinajstić information content (AvgIpc) is 3.51. The molecule has 0 radical (unpaired) electrons. The summed E-state index contributed by atoms with van der Waals surface area (Å²) in [6.07, 6.45) is 4.44. The first-order chi connectivity index (χ1) is 14.9. The maximum Gasteiger partial charge on any atom is 0.387 e. The van der Waals surface area contributed by atoms with Gasteiger partial charge >= 0.3 is 6.61 Å². The number of para-hydroxylation sites is 1. The minimum absolute atomic E-state index is 0.0589. The Bertz CT molecular complexity index is 1300. The minimum atomic E-state index is -2.97. The van der Waals surface area contributed by atoms with E-state index < -0.39 is 6.61 Å². The van der Waals surface area contributed by atoms with Crippen LogP contribution in [0.25, 0.3) is 21.9 Å². The first-order valence-electron chi connectivity index (χ1n) is 9.47. The maximum absolute atomic E-state index is 13.2. The quantitative estimate of drug-likeness (QED) is 0.321. The number of aromatic nitrogens is 1. The van der Waals surface area contributed by atoms with Gasteiger partial charge in [0.2, 0.25) is 5.91 Å². The lowest BCUT2D eigenvalue weighted by atomic mass is 10.1. The molecule has 0 bridgehead atoms. The van der Waals surface area contributed by atoms with E-state index in [4.69, 9.17) is 27.6 Å². The molecule has 1 aliphatic rings. The molecule has 1 amide bonds. The highest BCUT2D eigenvalue weighted by molar-refractivity contribution is 6.40. The zero-order valence-corrected chi connectivity index (χ0v) is 17.3. The molecule has 1 aliphatic carbocycles. The predicted molar refractivity (Wildman–Crippen MR) is 114 cm³/mol. The van der Waals surface area contributed by atoms with Crippen molar-refractivity contribution in [3.63, 3.8) is 0 Å². The number of furan rings is 1. The number of ether oxygens (including phenoxy) is 1. The number of fused-ring (bicyclic) bond motifs is 3. The van der Waals surface area contributed by atoms with Crippen molar-refractivity contribution in [2.75, 3.05) is 4.90 Å². The van der Waals surface area contributed by atoms with E-state index in [1.54, 1.807) is 30.3 Å². The zero-order valence-electron chi connectivity index (χ0n) is 15.8. The third-order valence-electron chi connectivity index (χ3n) is 5.12. The summed E-state index contributed by atoms with van der Waals surface area (Å²) in [5.41, 5.74) is 1.55. The molecule has 158 valence electrons. The van der Waals surface area contributed by atoms with Gasteiger partial charge in [0, 0.05) is 34.8 Å². The molecule has 0 aliphatic heterocycles. The molecular weight excluding hydrogens is 449 g/mol. The SMILES string of the molecule is O=C(C1CC1)N(c1ccc2oc3c(OC(F)F)cccc3c2c1)c1c(Cl)cncc1Cl. The van der Waals surface area contributed by atoms with Gasteiger partial charge in [-0.3, -0.25) is 14.7 Å². The molecule has 0 N–H and O–H groups in total. The maximum atomic E-state index is 13.2. The van der Waals surface area contributed by atoms with Crippen LogP contribution >= 0.6 is 23.2 Å². The van der Waals surface area contributed by atoms with Crippen molar-refractivity contribution in [3.05, 3.63) is 58.8 Å². The Morgan fingerprint density at radius 1 is 1.13 bits per heavy atom. The summed E-state index contributed by atoms with van der Waals surface area (Å²) >= 11 is 12.7. The first-order valence-corrected chi connectivity index (χ1v) is 10.2. The lowest BCUT2D eigenvalue weighted by molar-refractivity contribution is -0.119. The van der Waals surface area contributed by atoms with Gasteiger partial charge in [0.1, 0.15) is 5.58 Å². The van der Waals surface area contributed by atoms with Gasteiger partial charge in [-0.1, -0.05) is 35.3 Å². The number of anilines is 2. The fourth-order valence-corrected chi connectivity index (χ4v) is 4.12. The van der Waals surface area contributed by atoms with Crippen molar-refractivity contribution in [2.45, 2.75) is 19.5 Å². The second-order valence-electron chi connectivity index (χ2n) is 7.19. The number of carbonyl (C=O) groups excluding carboxylic acids is 1. The molecule has 0 atom stereocenters. The van der Waals surface area contributed by atoms with E-state index in [1.807, 2.05) is 0 Å². The molecule has 31 heavy (non-hydrogen) atoms. The summed E-state index contributed by atoms with van der Waals surface area (Å²) in [4.78, 5) is 18.6. The van der Waals surface area contributed by atoms with Gasteiger partial charge in [-0.05, 0) is 37.1 Å². The summed E-state index contributed by atoms with van der Waals surface area (Å²) in [5, 5.41) is 1.71. The summed E-state index contributed by atoms with van der Waals surface area (Å²) in [7, 11) is 0. The fraction of sp³-hybridized carbons (Fsp3) is 0.182. The third-order valence-corrected chi connectivity index (χ3v) is 5.67. The number of halogens is 4. The van der Waals surface area contributed by atoms with Crippen LogP contribution in [-0.2, 0) is 4.79 Å². The number of pyridine rings is 1. The van der Waals surface area contributed by atoms with Crippen LogP contribution in [0.2, 0.25) is 10.0 Å². The number of benzene rings is 2. The normalized spacial score (nSPS) is 13.8. The van der Waals surface area contributed by atoms with Gasteiger partial charge in [0.15, 0.2) is 11.3 Å². The largest absolute Gasteiger partial charge is 0.452 e.